The van der Waals surface area contributed by atoms with E-state index in [9.17, 15) is 9.59 Å². The van der Waals surface area contributed by atoms with E-state index in [2.05, 4.69) is 10.4 Å². The van der Waals surface area contributed by atoms with Crippen molar-refractivity contribution in [3.63, 3.8) is 0 Å². The van der Waals surface area contributed by atoms with Crippen LogP contribution in [0.5, 0.6) is 5.75 Å². The van der Waals surface area contributed by atoms with Crippen molar-refractivity contribution in [2.75, 3.05) is 20.3 Å². The third kappa shape index (κ3) is 7.48. The van der Waals surface area contributed by atoms with Gasteiger partial charge in [0.25, 0.3) is 0 Å². The number of methoxy groups -OCH3 is 1. The lowest BCUT2D eigenvalue weighted by molar-refractivity contribution is 0.125. The molecule has 0 saturated heterocycles. The van der Waals surface area contributed by atoms with Crippen LogP contribution in [0, 0.1) is 0 Å². The van der Waals surface area contributed by atoms with Crippen LogP contribution in [0.3, 0.4) is 0 Å². The number of nitrogens with zero attached hydrogens (tertiary/aromatic N) is 2. The fourth-order valence-corrected chi connectivity index (χ4v) is 1.62. The first-order valence-corrected chi connectivity index (χ1v) is 7.41. The fraction of sp³-hybridized carbons (Fsp3) is 0.438. The lowest BCUT2D eigenvalue weighted by Crippen LogP contribution is -2.42. The number of alkyl carbamates (subject to hydrolysis) is 1. The Hall–Kier alpha value is -2.77. The van der Waals surface area contributed by atoms with Gasteiger partial charge in [0.05, 0.1) is 19.9 Å². The molecule has 1 aromatic carbocycles. The third-order valence-corrected chi connectivity index (χ3v) is 2.73. The minimum atomic E-state index is -0.736. The Labute approximate surface area is 141 Å². The summed E-state index contributed by atoms with van der Waals surface area (Å²) in [5, 5.41) is 7.67. The van der Waals surface area contributed by atoms with Gasteiger partial charge in [-0.15, -0.1) is 0 Å². The number of primary amides is 1. The molecule has 0 saturated carbocycles. The van der Waals surface area contributed by atoms with Crippen LogP contribution >= 0.6 is 0 Å². The second-order valence-corrected chi connectivity index (χ2v) is 5.99. The molecule has 3 N–H and O–H groups in total. The summed E-state index contributed by atoms with van der Waals surface area (Å²) in [6.07, 6.45) is 0.922. The number of amides is 3. The van der Waals surface area contributed by atoms with E-state index in [1.807, 2.05) is 20.8 Å². The molecule has 0 atom stereocenters. The Morgan fingerprint density at radius 2 is 1.92 bits per heavy atom. The lowest BCUT2D eigenvalue weighted by atomic mass is 10.1. The highest BCUT2D eigenvalue weighted by Crippen LogP contribution is 2.10. The lowest BCUT2D eigenvalue weighted by Gasteiger charge is -2.20. The Morgan fingerprint density at radius 3 is 2.42 bits per heavy atom. The first-order chi connectivity index (χ1) is 11.2. The third-order valence-electron chi connectivity index (χ3n) is 2.73. The normalized spacial score (nSPS) is 11.2. The number of urea groups is 1. The van der Waals surface area contributed by atoms with Gasteiger partial charge in [-0.25, -0.2) is 14.6 Å². The van der Waals surface area contributed by atoms with E-state index in [1.165, 1.54) is 6.21 Å². The molecule has 0 aromatic heterocycles. The van der Waals surface area contributed by atoms with Crippen molar-refractivity contribution < 1.29 is 19.1 Å². The number of hydrogen-bond donors (Lipinski definition) is 2. The summed E-state index contributed by atoms with van der Waals surface area (Å²) in [4.78, 5) is 22.9. The van der Waals surface area contributed by atoms with Crippen molar-refractivity contribution in [1.29, 1.82) is 0 Å². The highest BCUT2D eigenvalue weighted by Gasteiger charge is 2.15. The highest BCUT2D eigenvalue weighted by atomic mass is 16.5. The number of carbonyl (C=O) groups excluding carboxylic acids is 2. The SMILES string of the molecule is COc1ccc(/C=N/N(CCOC(=O)NC(C)(C)C)C(N)=O)cc1. The van der Waals surface area contributed by atoms with E-state index in [4.69, 9.17) is 15.2 Å². The molecule has 0 fully saturated rings. The molecule has 0 bridgehead atoms. The maximum atomic E-state index is 11.5. The van der Waals surface area contributed by atoms with Crippen molar-refractivity contribution in [3.8, 4) is 5.75 Å². The van der Waals surface area contributed by atoms with E-state index < -0.39 is 17.7 Å². The van der Waals surface area contributed by atoms with E-state index in [1.54, 1.807) is 31.4 Å². The number of nitrogens with one attached hydrogen (secondary N) is 1. The average Bonchev–Trinajstić information content (AvgIpc) is 2.49. The van der Waals surface area contributed by atoms with Gasteiger partial charge in [0.15, 0.2) is 0 Å². The molecule has 0 spiro atoms. The molecule has 132 valence electrons. The van der Waals surface area contributed by atoms with Crippen LogP contribution in [-0.4, -0.2) is 49.1 Å². The maximum Gasteiger partial charge on any atom is 0.407 e. The van der Waals surface area contributed by atoms with Gasteiger partial charge < -0.3 is 20.5 Å². The molecule has 0 aliphatic carbocycles. The number of benzene rings is 1. The fourth-order valence-electron chi connectivity index (χ4n) is 1.62. The smallest absolute Gasteiger partial charge is 0.407 e. The number of ether oxygens (including phenoxy) is 2. The summed E-state index contributed by atoms with van der Waals surface area (Å²) in [6.45, 7) is 5.54. The molecule has 0 heterocycles. The topological polar surface area (TPSA) is 106 Å². The van der Waals surface area contributed by atoms with Crippen molar-refractivity contribution in [1.82, 2.24) is 10.3 Å². The van der Waals surface area contributed by atoms with Gasteiger partial charge in [0, 0.05) is 5.54 Å². The summed E-state index contributed by atoms with van der Waals surface area (Å²) in [5.41, 5.74) is 5.64. The first kappa shape index (κ1) is 19.3. The second kappa shape index (κ2) is 8.76. The quantitative estimate of drug-likeness (QED) is 0.611. The number of carbonyl (C=O) groups is 2. The number of hydrogen-bond acceptors (Lipinski definition) is 5. The largest absolute Gasteiger partial charge is 0.497 e. The number of nitrogens with two attached hydrogens (primary N) is 1. The molecule has 0 radical (unpaired) electrons. The zero-order chi connectivity index (χ0) is 18.2. The molecule has 8 heteroatoms. The molecular weight excluding hydrogens is 312 g/mol. The van der Waals surface area contributed by atoms with Crippen LogP contribution < -0.4 is 15.8 Å². The van der Waals surface area contributed by atoms with Crippen molar-refractivity contribution in [2.45, 2.75) is 26.3 Å². The minimum Gasteiger partial charge on any atom is -0.497 e. The van der Waals surface area contributed by atoms with Crippen LogP contribution in [0.1, 0.15) is 26.3 Å². The first-order valence-electron chi connectivity index (χ1n) is 7.41. The Morgan fingerprint density at radius 1 is 1.29 bits per heavy atom. The molecular formula is C16H24N4O4. The predicted molar refractivity (Wildman–Crippen MR) is 91.1 cm³/mol. The van der Waals surface area contributed by atoms with Gasteiger partial charge in [-0.1, -0.05) is 0 Å². The summed E-state index contributed by atoms with van der Waals surface area (Å²) < 4.78 is 10.1. The summed E-state index contributed by atoms with van der Waals surface area (Å²) >= 11 is 0. The van der Waals surface area contributed by atoms with E-state index in [-0.39, 0.29) is 13.2 Å². The molecule has 8 nitrogen and oxygen atoms in total. The van der Waals surface area contributed by atoms with Crippen LogP contribution in [0.2, 0.25) is 0 Å². The molecule has 0 aliphatic heterocycles. The Bertz CT molecular complexity index is 579. The van der Waals surface area contributed by atoms with Gasteiger partial charge in [-0.3, -0.25) is 0 Å². The van der Waals surface area contributed by atoms with Gasteiger partial charge >= 0.3 is 12.1 Å². The molecule has 24 heavy (non-hydrogen) atoms. The summed E-state index contributed by atoms with van der Waals surface area (Å²) in [6, 6.07) is 6.38. The van der Waals surface area contributed by atoms with Gasteiger partial charge in [-0.2, -0.15) is 5.10 Å². The molecule has 0 unspecified atom stereocenters. The Balaban J connectivity index is 2.53. The zero-order valence-electron chi connectivity index (χ0n) is 14.4. The summed E-state index contributed by atoms with van der Waals surface area (Å²) in [7, 11) is 1.58. The van der Waals surface area contributed by atoms with Crippen molar-refractivity contribution in [2.24, 2.45) is 10.8 Å². The average molecular weight is 336 g/mol. The van der Waals surface area contributed by atoms with E-state index >= 15 is 0 Å². The number of rotatable bonds is 6. The molecule has 0 aliphatic rings. The monoisotopic (exact) mass is 336 g/mol. The van der Waals surface area contributed by atoms with Gasteiger partial charge in [-0.05, 0) is 50.6 Å². The minimum absolute atomic E-state index is 0.0230. The van der Waals surface area contributed by atoms with Crippen molar-refractivity contribution in [3.05, 3.63) is 29.8 Å². The summed E-state index contributed by atoms with van der Waals surface area (Å²) in [5.74, 6) is 0.720. The number of hydrazone groups is 1. The van der Waals surface area contributed by atoms with Crippen LogP contribution in [-0.2, 0) is 4.74 Å². The maximum absolute atomic E-state index is 11.5. The van der Waals surface area contributed by atoms with Crippen LogP contribution in [0.25, 0.3) is 0 Å². The second-order valence-electron chi connectivity index (χ2n) is 5.99. The molecule has 1 aromatic rings. The predicted octanol–water partition coefficient (Wildman–Crippen LogP) is 1.93. The highest BCUT2D eigenvalue weighted by molar-refractivity contribution is 5.81. The van der Waals surface area contributed by atoms with E-state index in [0.29, 0.717) is 0 Å². The van der Waals surface area contributed by atoms with E-state index in [0.717, 1.165) is 16.3 Å². The van der Waals surface area contributed by atoms with Crippen LogP contribution in [0.4, 0.5) is 9.59 Å². The zero-order valence-corrected chi connectivity index (χ0v) is 14.4. The van der Waals surface area contributed by atoms with Gasteiger partial charge in [0.2, 0.25) is 0 Å². The van der Waals surface area contributed by atoms with Crippen molar-refractivity contribution >= 4 is 18.3 Å². The standard InChI is InChI=1S/C16H24N4O4/c1-16(2,3)19-15(22)24-10-9-20(14(17)21)18-11-12-5-7-13(23-4)8-6-12/h5-8,11H,9-10H2,1-4H3,(H2,17,21)(H,19,22)/b18-11+. The van der Waals surface area contributed by atoms with Gasteiger partial charge in [0.1, 0.15) is 12.4 Å². The Kier molecular flexibility index (Phi) is 7.03. The van der Waals surface area contributed by atoms with Crippen LogP contribution in [0.15, 0.2) is 29.4 Å². The molecule has 3 amide bonds. The molecule has 1 rings (SSSR count).